The van der Waals surface area contributed by atoms with Crippen LogP contribution in [0.5, 0.6) is 0 Å². The first-order chi connectivity index (χ1) is 14.8. The molecule has 0 fully saturated rings. The van der Waals surface area contributed by atoms with Gasteiger partial charge in [0, 0.05) is 6.54 Å². The van der Waals surface area contributed by atoms with E-state index < -0.39 is 26.1 Å². The molecule has 0 saturated carbocycles. The Labute approximate surface area is 183 Å². The van der Waals surface area contributed by atoms with Crippen molar-refractivity contribution in [3.8, 4) is 0 Å². The molecule has 0 bridgehead atoms. The molecule has 31 heavy (non-hydrogen) atoms. The van der Waals surface area contributed by atoms with Crippen LogP contribution in [0.3, 0.4) is 0 Å². The number of hydrogen-bond acceptors (Lipinski definition) is 4. The van der Waals surface area contributed by atoms with Gasteiger partial charge in [-0.1, -0.05) is 66.2 Å². The van der Waals surface area contributed by atoms with Gasteiger partial charge in [-0.25, -0.2) is 21.6 Å². The minimum Gasteiger partial charge on any atom is -0.265 e. The highest BCUT2D eigenvalue weighted by Crippen LogP contribution is 2.35. The van der Waals surface area contributed by atoms with Gasteiger partial charge in [0.1, 0.15) is 0 Å². The van der Waals surface area contributed by atoms with Gasteiger partial charge in [0.15, 0.2) is 0 Å². The number of aryl methyl sites for hydroxylation is 1. The van der Waals surface area contributed by atoms with Crippen LogP contribution in [0.2, 0.25) is 0 Å². The number of sulfonamides is 2. The molecular weight excluding hydrogens is 432 g/mol. The normalized spacial score (nSPS) is 16.3. The standard InChI is InChI=1S/C23H24N2O4S2/c1-18-11-13-22(14-12-18)31(28,29)24-16-21-15-20-9-5-6-10-23(20)25(21)30(26,27)17-19-7-3-2-4-8-19/h2-14,21,24H,15-17H2,1H3. The number of nitrogens with one attached hydrogen (secondary N) is 1. The molecule has 4 rings (SSSR count). The third-order valence-electron chi connectivity index (χ3n) is 5.35. The second-order valence-corrected chi connectivity index (χ2v) is 11.3. The zero-order chi connectivity index (χ0) is 22.1. The van der Waals surface area contributed by atoms with Gasteiger partial charge in [-0.2, -0.15) is 0 Å². The highest BCUT2D eigenvalue weighted by Gasteiger charge is 2.37. The molecule has 0 aromatic heterocycles. The molecule has 0 amide bonds. The summed E-state index contributed by atoms with van der Waals surface area (Å²) in [6.07, 6.45) is 0.445. The summed E-state index contributed by atoms with van der Waals surface area (Å²) in [6.45, 7) is 1.87. The van der Waals surface area contributed by atoms with Crippen LogP contribution >= 0.6 is 0 Å². The number of benzene rings is 3. The van der Waals surface area contributed by atoms with Gasteiger partial charge >= 0.3 is 0 Å². The fraction of sp³-hybridized carbons (Fsp3) is 0.217. The van der Waals surface area contributed by atoms with Crippen molar-refractivity contribution in [2.45, 2.75) is 30.0 Å². The van der Waals surface area contributed by atoms with E-state index in [1.54, 1.807) is 60.7 Å². The van der Waals surface area contributed by atoms with Gasteiger partial charge in [0.25, 0.3) is 0 Å². The van der Waals surface area contributed by atoms with Crippen LogP contribution < -0.4 is 9.03 Å². The molecule has 3 aromatic carbocycles. The van der Waals surface area contributed by atoms with Crippen molar-refractivity contribution >= 4 is 25.7 Å². The Bertz CT molecular complexity index is 1270. The van der Waals surface area contributed by atoms with Crippen molar-refractivity contribution < 1.29 is 16.8 Å². The molecule has 1 unspecified atom stereocenters. The van der Waals surface area contributed by atoms with E-state index in [0.717, 1.165) is 11.1 Å². The van der Waals surface area contributed by atoms with Crippen molar-refractivity contribution in [2.75, 3.05) is 10.8 Å². The Morgan fingerprint density at radius 2 is 1.52 bits per heavy atom. The predicted octanol–water partition coefficient (Wildman–Crippen LogP) is 3.23. The van der Waals surface area contributed by atoms with Crippen molar-refractivity contribution in [1.82, 2.24) is 4.72 Å². The molecule has 0 aliphatic carbocycles. The average Bonchev–Trinajstić information content (AvgIpc) is 3.13. The zero-order valence-electron chi connectivity index (χ0n) is 17.1. The van der Waals surface area contributed by atoms with Crippen LogP contribution in [0.1, 0.15) is 16.7 Å². The largest absolute Gasteiger partial charge is 0.265 e. The van der Waals surface area contributed by atoms with Gasteiger partial charge in [0.05, 0.1) is 22.4 Å². The van der Waals surface area contributed by atoms with E-state index in [0.29, 0.717) is 17.7 Å². The number of rotatable bonds is 7. The highest BCUT2D eigenvalue weighted by molar-refractivity contribution is 7.92. The summed E-state index contributed by atoms with van der Waals surface area (Å²) in [6, 6.07) is 22.3. The van der Waals surface area contributed by atoms with Gasteiger partial charge in [-0.05, 0) is 42.7 Å². The molecule has 1 atom stereocenters. The van der Waals surface area contributed by atoms with Crippen LogP contribution in [0, 0.1) is 6.92 Å². The molecule has 0 radical (unpaired) electrons. The second-order valence-electron chi connectivity index (χ2n) is 7.69. The lowest BCUT2D eigenvalue weighted by atomic mass is 10.1. The van der Waals surface area contributed by atoms with Gasteiger partial charge in [-0.15, -0.1) is 0 Å². The lowest BCUT2D eigenvalue weighted by Crippen LogP contribution is -2.45. The summed E-state index contributed by atoms with van der Waals surface area (Å²) >= 11 is 0. The fourth-order valence-corrected chi connectivity index (χ4v) is 6.73. The van der Waals surface area contributed by atoms with Crippen LogP contribution in [-0.2, 0) is 32.2 Å². The molecule has 1 aliphatic rings. The first kappa shape index (κ1) is 21.5. The monoisotopic (exact) mass is 456 g/mol. The molecular formula is C23H24N2O4S2. The Kier molecular flexibility index (Phi) is 5.88. The van der Waals surface area contributed by atoms with E-state index >= 15 is 0 Å². The molecule has 162 valence electrons. The fourth-order valence-electron chi connectivity index (χ4n) is 3.83. The first-order valence-electron chi connectivity index (χ1n) is 9.96. The summed E-state index contributed by atoms with van der Waals surface area (Å²) in [7, 11) is -7.47. The molecule has 0 saturated heterocycles. The number of hydrogen-bond donors (Lipinski definition) is 1. The zero-order valence-corrected chi connectivity index (χ0v) is 18.7. The smallest absolute Gasteiger partial charge is 0.240 e. The molecule has 6 nitrogen and oxygen atoms in total. The topological polar surface area (TPSA) is 83.6 Å². The SMILES string of the molecule is Cc1ccc(S(=O)(=O)NCC2Cc3ccccc3N2S(=O)(=O)Cc2ccccc2)cc1. The molecule has 1 aliphatic heterocycles. The van der Waals surface area contributed by atoms with Crippen LogP contribution in [0.4, 0.5) is 5.69 Å². The van der Waals surface area contributed by atoms with Gasteiger partial charge < -0.3 is 0 Å². The van der Waals surface area contributed by atoms with E-state index in [-0.39, 0.29) is 17.2 Å². The highest BCUT2D eigenvalue weighted by atomic mass is 32.2. The summed E-state index contributed by atoms with van der Waals surface area (Å²) < 4.78 is 56.2. The van der Waals surface area contributed by atoms with E-state index in [1.807, 2.05) is 25.1 Å². The molecule has 0 spiro atoms. The minimum absolute atomic E-state index is 0.0150. The maximum Gasteiger partial charge on any atom is 0.240 e. The van der Waals surface area contributed by atoms with E-state index in [9.17, 15) is 16.8 Å². The van der Waals surface area contributed by atoms with Crippen molar-refractivity contribution in [1.29, 1.82) is 0 Å². The maximum absolute atomic E-state index is 13.4. The molecule has 8 heteroatoms. The summed E-state index contributed by atoms with van der Waals surface area (Å²) in [5, 5.41) is 0. The van der Waals surface area contributed by atoms with Crippen LogP contribution in [0.15, 0.2) is 83.8 Å². The third-order valence-corrected chi connectivity index (χ3v) is 8.58. The van der Waals surface area contributed by atoms with Crippen molar-refractivity contribution in [3.63, 3.8) is 0 Å². The third kappa shape index (κ3) is 4.66. The molecule has 1 N–H and O–H groups in total. The van der Waals surface area contributed by atoms with E-state index in [2.05, 4.69) is 4.72 Å². The predicted molar refractivity (Wildman–Crippen MR) is 122 cm³/mol. The number of anilines is 1. The quantitative estimate of drug-likeness (QED) is 0.592. The van der Waals surface area contributed by atoms with Gasteiger partial charge in [0.2, 0.25) is 20.0 Å². The Morgan fingerprint density at radius 3 is 2.23 bits per heavy atom. The Morgan fingerprint density at radius 1 is 0.871 bits per heavy atom. The summed E-state index contributed by atoms with van der Waals surface area (Å²) in [4.78, 5) is 0.160. The van der Waals surface area contributed by atoms with Crippen LogP contribution in [0.25, 0.3) is 0 Å². The van der Waals surface area contributed by atoms with Crippen molar-refractivity contribution in [3.05, 3.63) is 95.6 Å². The lowest BCUT2D eigenvalue weighted by Gasteiger charge is -2.27. The maximum atomic E-state index is 13.4. The van der Waals surface area contributed by atoms with E-state index in [1.165, 1.54) is 4.31 Å². The Hall–Kier alpha value is -2.68. The van der Waals surface area contributed by atoms with Crippen molar-refractivity contribution in [2.24, 2.45) is 0 Å². The van der Waals surface area contributed by atoms with Gasteiger partial charge in [-0.3, -0.25) is 4.31 Å². The average molecular weight is 457 g/mol. The minimum atomic E-state index is -3.75. The van der Waals surface area contributed by atoms with E-state index in [4.69, 9.17) is 0 Å². The van der Waals surface area contributed by atoms with Crippen LogP contribution in [-0.4, -0.2) is 29.4 Å². The summed E-state index contributed by atoms with van der Waals surface area (Å²) in [5.74, 6) is -0.149. The molecule has 3 aromatic rings. The first-order valence-corrected chi connectivity index (χ1v) is 13.1. The Balaban J connectivity index is 1.60. The number of nitrogens with zero attached hydrogens (tertiary/aromatic N) is 1. The summed E-state index contributed by atoms with van der Waals surface area (Å²) in [5.41, 5.74) is 3.14. The molecule has 1 heterocycles. The number of fused-ring (bicyclic) bond motifs is 1. The second kappa shape index (κ2) is 8.45. The lowest BCUT2D eigenvalue weighted by molar-refractivity contribution is 0.558. The number of para-hydroxylation sites is 1.